The summed E-state index contributed by atoms with van der Waals surface area (Å²) in [5, 5.41) is 0. The lowest BCUT2D eigenvalue weighted by Gasteiger charge is -2.19. The monoisotopic (exact) mass is 231 g/mol. The van der Waals surface area contributed by atoms with E-state index in [1.807, 2.05) is 25.2 Å². The van der Waals surface area contributed by atoms with Gasteiger partial charge < -0.3 is 10.6 Å². The van der Waals surface area contributed by atoms with Gasteiger partial charge in [0, 0.05) is 7.05 Å². The second kappa shape index (κ2) is 4.82. The van der Waals surface area contributed by atoms with Crippen molar-refractivity contribution < 1.29 is 4.39 Å². The van der Waals surface area contributed by atoms with E-state index in [0.717, 1.165) is 5.69 Å². The van der Waals surface area contributed by atoms with E-state index < -0.39 is 0 Å². The molecule has 0 radical (unpaired) electrons. The summed E-state index contributed by atoms with van der Waals surface area (Å²) in [5.74, 6) is 0.239. The van der Waals surface area contributed by atoms with Crippen LogP contribution in [0.4, 0.5) is 15.9 Å². The van der Waals surface area contributed by atoms with E-state index in [4.69, 9.17) is 5.73 Å². The van der Waals surface area contributed by atoms with E-state index in [9.17, 15) is 4.39 Å². The number of nitrogens with two attached hydrogens (primary N) is 1. The first-order valence-electron chi connectivity index (χ1n) is 5.34. The molecule has 0 unspecified atom stereocenters. The summed E-state index contributed by atoms with van der Waals surface area (Å²) >= 11 is 0. The molecule has 0 amide bonds. The van der Waals surface area contributed by atoms with Crippen LogP contribution in [-0.2, 0) is 6.54 Å². The van der Waals surface area contributed by atoms with Crippen molar-refractivity contribution in [2.75, 3.05) is 17.7 Å². The van der Waals surface area contributed by atoms with Crippen molar-refractivity contribution in [3.8, 4) is 0 Å². The molecule has 17 heavy (non-hydrogen) atoms. The Kier molecular flexibility index (Phi) is 3.23. The molecule has 0 aliphatic rings. The van der Waals surface area contributed by atoms with Gasteiger partial charge >= 0.3 is 0 Å². The lowest BCUT2D eigenvalue weighted by Crippen LogP contribution is -2.18. The highest BCUT2D eigenvalue weighted by Crippen LogP contribution is 2.18. The van der Waals surface area contributed by atoms with Gasteiger partial charge in [-0.15, -0.1) is 0 Å². The number of nitrogens with zero attached hydrogens (tertiary/aromatic N) is 2. The van der Waals surface area contributed by atoms with Crippen molar-refractivity contribution in [2.24, 2.45) is 0 Å². The van der Waals surface area contributed by atoms with Gasteiger partial charge in [-0.05, 0) is 24.3 Å². The third-order valence-electron chi connectivity index (χ3n) is 2.49. The van der Waals surface area contributed by atoms with Crippen LogP contribution in [-0.4, -0.2) is 12.0 Å². The number of para-hydroxylation sites is 1. The molecule has 4 heteroatoms. The minimum absolute atomic E-state index is 0.237. The van der Waals surface area contributed by atoms with Gasteiger partial charge in [0.2, 0.25) is 0 Å². The zero-order valence-electron chi connectivity index (χ0n) is 9.60. The van der Waals surface area contributed by atoms with Crippen LogP contribution in [0.15, 0.2) is 42.5 Å². The Balaban J connectivity index is 2.17. The SMILES string of the molecule is CN(Cc1cccc(N)n1)c1ccccc1F. The minimum atomic E-state index is -0.237. The van der Waals surface area contributed by atoms with Crippen molar-refractivity contribution in [2.45, 2.75) is 6.54 Å². The molecule has 2 aromatic rings. The van der Waals surface area contributed by atoms with E-state index in [1.165, 1.54) is 6.07 Å². The molecule has 1 aromatic carbocycles. The Bertz CT molecular complexity index is 514. The van der Waals surface area contributed by atoms with Crippen LogP contribution in [0.25, 0.3) is 0 Å². The molecular formula is C13H14FN3. The lowest BCUT2D eigenvalue weighted by atomic mass is 10.2. The molecular weight excluding hydrogens is 217 g/mol. The van der Waals surface area contributed by atoms with Crippen molar-refractivity contribution in [3.05, 3.63) is 54.0 Å². The number of hydrogen-bond acceptors (Lipinski definition) is 3. The summed E-state index contributed by atoms with van der Waals surface area (Å²) in [6.07, 6.45) is 0. The summed E-state index contributed by atoms with van der Waals surface area (Å²) in [4.78, 5) is 5.98. The average molecular weight is 231 g/mol. The van der Waals surface area contributed by atoms with Crippen LogP contribution in [0.2, 0.25) is 0 Å². The van der Waals surface area contributed by atoms with Gasteiger partial charge in [0.15, 0.2) is 0 Å². The first-order chi connectivity index (χ1) is 8.16. The van der Waals surface area contributed by atoms with Gasteiger partial charge in [-0.25, -0.2) is 9.37 Å². The maximum absolute atomic E-state index is 13.5. The third kappa shape index (κ3) is 2.72. The highest BCUT2D eigenvalue weighted by atomic mass is 19.1. The largest absolute Gasteiger partial charge is 0.384 e. The van der Waals surface area contributed by atoms with Gasteiger partial charge in [0.05, 0.1) is 17.9 Å². The molecule has 0 spiro atoms. The zero-order chi connectivity index (χ0) is 12.3. The van der Waals surface area contributed by atoms with Crippen molar-refractivity contribution in [1.29, 1.82) is 0 Å². The van der Waals surface area contributed by atoms with Crippen molar-refractivity contribution in [1.82, 2.24) is 4.98 Å². The fraction of sp³-hybridized carbons (Fsp3) is 0.154. The number of nitrogen functional groups attached to an aromatic ring is 1. The van der Waals surface area contributed by atoms with Crippen molar-refractivity contribution in [3.63, 3.8) is 0 Å². The smallest absolute Gasteiger partial charge is 0.146 e. The van der Waals surface area contributed by atoms with E-state index in [1.54, 1.807) is 23.1 Å². The Morgan fingerprint density at radius 3 is 2.65 bits per heavy atom. The standard InChI is InChI=1S/C13H14FN3/c1-17(12-7-3-2-6-11(12)14)9-10-5-4-8-13(15)16-10/h2-8H,9H2,1H3,(H2,15,16). The fourth-order valence-corrected chi connectivity index (χ4v) is 1.68. The molecule has 3 nitrogen and oxygen atoms in total. The molecule has 2 rings (SSSR count). The van der Waals surface area contributed by atoms with Gasteiger partial charge in [0.25, 0.3) is 0 Å². The average Bonchev–Trinajstić information content (AvgIpc) is 2.29. The molecule has 0 saturated carbocycles. The zero-order valence-corrected chi connectivity index (χ0v) is 9.60. The first-order valence-corrected chi connectivity index (χ1v) is 5.34. The maximum atomic E-state index is 13.5. The second-order valence-corrected chi connectivity index (χ2v) is 3.86. The van der Waals surface area contributed by atoms with Gasteiger partial charge in [0.1, 0.15) is 11.6 Å². The van der Waals surface area contributed by atoms with Gasteiger partial charge in [-0.2, -0.15) is 0 Å². The van der Waals surface area contributed by atoms with E-state index in [0.29, 0.717) is 18.1 Å². The number of rotatable bonds is 3. The molecule has 88 valence electrons. The highest BCUT2D eigenvalue weighted by molar-refractivity contribution is 5.47. The van der Waals surface area contributed by atoms with E-state index >= 15 is 0 Å². The number of halogens is 1. The molecule has 0 fully saturated rings. The third-order valence-corrected chi connectivity index (χ3v) is 2.49. The molecule has 0 aliphatic heterocycles. The molecule has 1 heterocycles. The Morgan fingerprint density at radius 1 is 1.18 bits per heavy atom. The Hall–Kier alpha value is -2.10. The summed E-state index contributed by atoms with van der Waals surface area (Å²) in [6.45, 7) is 0.520. The van der Waals surface area contributed by atoms with E-state index in [2.05, 4.69) is 4.98 Å². The van der Waals surface area contributed by atoms with Gasteiger partial charge in [-0.1, -0.05) is 18.2 Å². The number of anilines is 2. The molecule has 0 bridgehead atoms. The predicted octanol–water partition coefficient (Wildman–Crippen LogP) is 2.44. The van der Waals surface area contributed by atoms with Crippen LogP contribution in [0, 0.1) is 5.82 Å². The molecule has 0 saturated heterocycles. The van der Waals surface area contributed by atoms with Crippen LogP contribution in [0.1, 0.15) is 5.69 Å². The molecule has 0 aliphatic carbocycles. The van der Waals surface area contributed by atoms with Crippen molar-refractivity contribution >= 4 is 11.5 Å². The highest BCUT2D eigenvalue weighted by Gasteiger charge is 2.07. The van der Waals surface area contributed by atoms with Crippen LogP contribution < -0.4 is 10.6 Å². The predicted molar refractivity (Wildman–Crippen MR) is 67.2 cm³/mol. The first kappa shape index (κ1) is 11.4. The summed E-state index contributed by atoms with van der Waals surface area (Å²) < 4.78 is 13.5. The summed E-state index contributed by atoms with van der Waals surface area (Å²) in [5.41, 5.74) is 6.97. The molecule has 0 atom stereocenters. The normalized spacial score (nSPS) is 10.2. The fourth-order valence-electron chi connectivity index (χ4n) is 1.68. The quantitative estimate of drug-likeness (QED) is 0.882. The Labute approximate surface area is 99.7 Å². The van der Waals surface area contributed by atoms with Gasteiger partial charge in [-0.3, -0.25) is 0 Å². The lowest BCUT2D eigenvalue weighted by molar-refractivity contribution is 0.622. The number of hydrogen-bond donors (Lipinski definition) is 1. The number of aromatic nitrogens is 1. The minimum Gasteiger partial charge on any atom is -0.384 e. The molecule has 1 aromatic heterocycles. The van der Waals surface area contributed by atoms with Crippen LogP contribution in [0.3, 0.4) is 0 Å². The van der Waals surface area contributed by atoms with Crippen LogP contribution in [0.5, 0.6) is 0 Å². The number of pyridine rings is 1. The van der Waals surface area contributed by atoms with Crippen LogP contribution >= 0.6 is 0 Å². The number of benzene rings is 1. The summed E-state index contributed by atoms with van der Waals surface area (Å²) in [7, 11) is 1.82. The second-order valence-electron chi connectivity index (χ2n) is 3.86. The molecule has 2 N–H and O–H groups in total. The summed E-state index contributed by atoms with van der Waals surface area (Å²) in [6, 6.07) is 12.1. The maximum Gasteiger partial charge on any atom is 0.146 e. The van der Waals surface area contributed by atoms with E-state index in [-0.39, 0.29) is 5.82 Å². The topological polar surface area (TPSA) is 42.1 Å². The Morgan fingerprint density at radius 2 is 1.94 bits per heavy atom.